The van der Waals surface area contributed by atoms with Crippen LogP contribution in [0.3, 0.4) is 0 Å². The first-order valence-corrected chi connectivity index (χ1v) is 11.5. The number of methoxy groups -OCH3 is 2. The van der Waals surface area contributed by atoms with E-state index in [1.807, 2.05) is 0 Å². The van der Waals surface area contributed by atoms with Gasteiger partial charge < -0.3 is 24.9 Å². The van der Waals surface area contributed by atoms with Gasteiger partial charge in [-0.25, -0.2) is 23.5 Å². The Morgan fingerprint density at radius 2 is 1.97 bits per heavy atom. The molecule has 0 fully saturated rings. The molecule has 10 nitrogen and oxygen atoms in total. The van der Waals surface area contributed by atoms with Crippen LogP contribution in [0.2, 0.25) is 0 Å². The highest BCUT2D eigenvalue weighted by Crippen LogP contribution is 2.33. The zero-order valence-electron chi connectivity index (χ0n) is 19.1. The smallest absolute Gasteiger partial charge is 0.357 e. The molecule has 2 aromatic heterocycles. The van der Waals surface area contributed by atoms with E-state index in [9.17, 15) is 23.9 Å². The lowest BCUT2D eigenvalue weighted by Gasteiger charge is -2.18. The van der Waals surface area contributed by atoms with Crippen molar-refractivity contribution in [2.24, 2.45) is 0 Å². The second-order valence-corrected chi connectivity index (χ2v) is 8.43. The fraction of sp³-hybridized carbons (Fsp3) is 0.167. The predicted molar refractivity (Wildman–Crippen MR) is 130 cm³/mol. The lowest BCUT2D eigenvalue weighted by atomic mass is 10.0. The molecule has 4 aromatic rings. The van der Waals surface area contributed by atoms with Crippen LogP contribution in [0.5, 0.6) is 11.6 Å². The van der Waals surface area contributed by atoms with Gasteiger partial charge in [0, 0.05) is 23.4 Å². The lowest BCUT2D eigenvalue weighted by molar-refractivity contribution is -0.119. The number of amides is 1. The van der Waals surface area contributed by atoms with Gasteiger partial charge in [0.2, 0.25) is 11.8 Å². The van der Waals surface area contributed by atoms with E-state index < -0.39 is 35.3 Å². The Labute approximate surface area is 208 Å². The number of benzene rings is 2. The van der Waals surface area contributed by atoms with Gasteiger partial charge in [-0.05, 0) is 17.7 Å². The van der Waals surface area contributed by atoms with E-state index in [0.717, 1.165) is 22.0 Å². The molecule has 4 rings (SSSR count). The summed E-state index contributed by atoms with van der Waals surface area (Å²) in [7, 11) is 2.59. The van der Waals surface area contributed by atoms with Crippen LogP contribution in [0.4, 0.5) is 9.52 Å². The van der Waals surface area contributed by atoms with E-state index in [1.165, 1.54) is 31.7 Å². The van der Waals surface area contributed by atoms with Gasteiger partial charge in [-0.1, -0.05) is 30.3 Å². The molecule has 186 valence electrons. The van der Waals surface area contributed by atoms with Crippen molar-refractivity contribution in [3.05, 3.63) is 81.5 Å². The number of nitrogens with one attached hydrogen (secondary N) is 2. The minimum atomic E-state index is -1.24. The Morgan fingerprint density at radius 3 is 2.64 bits per heavy atom. The van der Waals surface area contributed by atoms with E-state index in [-0.39, 0.29) is 34.3 Å². The third kappa shape index (κ3) is 4.98. The molecule has 0 unspecified atom stereocenters. The predicted octanol–water partition coefficient (Wildman–Crippen LogP) is 3.36. The number of aromatic amines is 1. The standard InChI is InChI=1S/C24H21FN4O6S/c1-34-14-8-9-15(16(25)11-14)19-21(31)29(24(33)27-19)18(10-13-6-4-3-5-7-13)20(30)28-23-26-17(12-36-23)22(32)35-2/h3-9,11-12,18,31H,10H2,1-2H3,(H,27,33)(H,26,28,30)/t18-/m0/s1. The van der Waals surface area contributed by atoms with Crippen molar-refractivity contribution >= 4 is 28.3 Å². The number of carbonyl (C=O) groups excluding carboxylic acids is 2. The molecule has 3 N–H and O–H groups in total. The van der Waals surface area contributed by atoms with Gasteiger partial charge in [0.25, 0.3) is 0 Å². The van der Waals surface area contributed by atoms with Crippen LogP contribution in [0, 0.1) is 5.82 Å². The molecule has 0 aliphatic heterocycles. The van der Waals surface area contributed by atoms with Gasteiger partial charge in [0.1, 0.15) is 23.3 Å². The Kier molecular flexibility index (Phi) is 7.15. The number of ether oxygens (including phenoxy) is 2. The molecule has 2 heterocycles. The Bertz CT molecular complexity index is 1460. The highest BCUT2D eigenvalue weighted by atomic mass is 32.1. The number of H-pyrrole nitrogens is 1. The van der Waals surface area contributed by atoms with Gasteiger partial charge in [-0.15, -0.1) is 11.3 Å². The van der Waals surface area contributed by atoms with Gasteiger partial charge >= 0.3 is 11.7 Å². The number of nitrogens with zero attached hydrogens (tertiary/aromatic N) is 2. The monoisotopic (exact) mass is 512 g/mol. The quantitative estimate of drug-likeness (QED) is 0.308. The average Bonchev–Trinajstić information content (AvgIpc) is 3.46. The molecule has 0 saturated heterocycles. The molecule has 12 heteroatoms. The first kappa shape index (κ1) is 24.7. The van der Waals surface area contributed by atoms with Crippen LogP contribution >= 0.6 is 11.3 Å². The van der Waals surface area contributed by atoms with E-state index in [1.54, 1.807) is 30.3 Å². The number of aromatic nitrogens is 3. The van der Waals surface area contributed by atoms with Crippen molar-refractivity contribution in [3.8, 4) is 22.9 Å². The largest absolute Gasteiger partial charge is 0.497 e. The first-order valence-electron chi connectivity index (χ1n) is 10.6. The van der Waals surface area contributed by atoms with Crippen LogP contribution in [-0.2, 0) is 16.0 Å². The molecule has 36 heavy (non-hydrogen) atoms. The fourth-order valence-corrected chi connectivity index (χ4v) is 4.28. The summed E-state index contributed by atoms with van der Waals surface area (Å²) in [5, 5.41) is 15.1. The number of halogens is 1. The summed E-state index contributed by atoms with van der Waals surface area (Å²) >= 11 is 0.993. The molecular formula is C24H21FN4O6S. The summed E-state index contributed by atoms with van der Waals surface area (Å²) in [5.74, 6) is -2.44. The van der Waals surface area contributed by atoms with Crippen molar-refractivity contribution in [3.63, 3.8) is 0 Å². The maximum Gasteiger partial charge on any atom is 0.357 e. The summed E-state index contributed by atoms with van der Waals surface area (Å²) in [6.45, 7) is 0. The maximum atomic E-state index is 14.7. The van der Waals surface area contributed by atoms with Crippen molar-refractivity contribution in [2.45, 2.75) is 12.5 Å². The molecular weight excluding hydrogens is 491 g/mol. The van der Waals surface area contributed by atoms with Gasteiger partial charge in [-0.2, -0.15) is 0 Å². The Hall–Kier alpha value is -4.45. The highest BCUT2D eigenvalue weighted by molar-refractivity contribution is 7.14. The van der Waals surface area contributed by atoms with E-state index in [2.05, 4.69) is 20.0 Å². The number of esters is 1. The summed E-state index contributed by atoms with van der Waals surface area (Å²) in [5.41, 5.74) is -0.366. The van der Waals surface area contributed by atoms with Gasteiger partial charge in [0.15, 0.2) is 10.8 Å². The fourth-order valence-electron chi connectivity index (χ4n) is 3.60. The summed E-state index contributed by atoms with van der Waals surface area (Å²) < 4.78 is 25.2. The first-order chi connectivity index (χ1) is 17.3. The number of anilines is 1. The number of aromatic hydroxyl groups is 1. The van der Waals surface area contributed by atoms with E-state index in [0.29, 0.717) is 5.56 Å². The van der Waals surface area contributed by atoms with Crippen LogP contribution < -0.4 is 15.7 Å². The number of rotatable bonds is 8. The minimum absolute atomic E-state index is 0.0105. The molecule has 0 bridgehead atoms. The zero-order valence-corrected chi connectivity index (χ0v) is 20.0. The molecule has 0 saturated carbocycles. The maximum absolute atomic E-state index is 14.7. The van der Waals surface area contributed by atoms with Crippen LogP contribution in [0.25, 0.3) is 11.3 Å². The second-order valence-electron chi connectivity index (χ2n) is 7.57. The van der Waals surface area contributed by atoms with Crippen LogP contribution in [-0.4, -0.2) is 45.7 Å². The summed E-state index contributed by atoms with van der Waals surface area (Å²) in [6, 6.07) is 11.6. The number of imidazole rings is 1. The van der Waals surface area contributed by atoms with Crippen LogP contribution in [0.15, 0.2) is 58.7 Å². The number of carbonyl (C=O) groups is 2. The minimum Gasteiger partial charge on any atom is -0.497 e. The highest BCUT2D eigenvalue weighted by Gasteiger charge is 2.29. The molecule has 1 amide bonds. The lowest BCUT2D eigenvalue weighted by Crippen LogP contribution is -2.33. The third-order valence-electron chi connectivity index (χ3n) is 5.36. The Morgan fingerprint density at radius 1 is 1.22 bits per heavy atom. The van der Waals surface area contributed by atoms with Crippen LogP contribution in [0.1, 0.15) is 22.1 Å². The SMILES string of the molecule is COC(=O)c1csc(NC(=O)[C@H](Cc2ccccc2)n2c(O)c(-c3ccc(OC)cc3F)[nH]c2=O)n1. The van der Waals surface area contributed by atoms with Gasteiger partial charge in [-0.3, -0.25) is 4.79 Å². The molecule has 0 spiro atoms. The molecule has 0 aliphatic carbocycles. The molecule has 2 aromatic carbocycles. The number of thiazole rings is 1. The van der Waals surface area contributed by atoms with Crippen molar-refractivity contribution in [2.75, 3.05) is 19.5 Å². The normalized spacial score (nSPS) is 11.6. The molecule has 1 atom stereocenters. The second kappa shape index (κ2) is 10.4. The third-order valence-corrected chi connectivity index (χ3v) is 6.12. The number of hydrogen-bond acceptors (Lipinski definition) is 8. The topological polar surface area (TPSA) is 136 Å². The molecule has 0 radical (unpaired) electrons. The average molecular weight is 513 g/mol. The summed E-state index contributed by atoms with van der Waals surface area (Å²) in [6.07, 6.45) is 0.0256. The van der Waals surface area contributed by atoms with Crippen molar-refractivity contribution in [1.29, 1.82) is 0 Å². The zero-order chi connectivity index (χ0) is 25.8. The van der Waals surface area contributed by atoms with E-state index in [4.69, 9.17) is 4.74 Å². The van der Waals surface area contributed by atoms with Crippen molar-refractivity contribution < 1.29 is 28.6 Å². The van der Waals surface area contributed by atoms with E-state index >= 15 is 0 Å². The van der Waals surface area contributed by atoms with Crippen molar-refractivity contribution in [1.82, 2.24) is 14.5 Å². The molecule has 0 aliphatic rings. The number of hydrogen-bond donors (Lipinski definition) is 3. The summed E-state index contributed by atoms with van der Waals surface area (Å²) in [4.78, 5) is 44.4. The Balaban J connectivity index is 1.73. The van der Waals surface area contributed by atoms with Gasteiger partial charge in [0.05, 0.1) is 14.2 Å².